The minimum Gasteiger partial charge on any atom is -0.368 e. The topological polar surface area (TPSA) is 53.4 Å². The first kappa shape index (κ1) is 24.2. The van der Waals surface area contributed by atoms with Crippen LogP contribution in [0.5, 0.6) is 0 Å². The molecule has 1 aromatic heterocycles. The lowest BCUT2D eigenvalue weighted by Gasteiger charge is -2.42. The van der Waals surface area contributed by atoms with Gasteiger partial charge in [-0.3, -0.25) is 14.4 Å². The zero-order chi connectivity index (χ0) is 25.7. The lowest BCUT2D eigenvalue weighted by atomic mass is 10.0. The van der Waals surface area contributed by atoms with Gasteiger partial charge in [0.1, 0.15) is 5.82 Å². The summed E-state index contributed by atoms with van der Waals surface area (Å²) in [5, 5.41) is 7.30. The molecule has 3 atom stereocenters. The number of aromatic nitrogens is 2. The molecule has 3 heterocycles. The van der Waals surface area contributed by atoms with Crippen LogP contribution in [0.2, 0.25) is 0 Å². The molecule has 2 bridgehead atoms. The molecule has 2 aromatic carbocycles. The Morgan fingerprint density at radius 1 is 1.08 bits per heavy atom. The maximum absolute atomic E-state index is 14.5. The summed E-state index contributed by atoms with van der Waals surface area (Å²) >= 11 is 0. The van der Waals surface area contributed by atoms with Crippen LogP contribution in [0, 0.1) is 18.7 Å². The molecule has 3 aliphatic rings. The van der Waals surface area contributed by atoms with Gasteiger partial charge in [0.15, 0.2) is 0 Å². The molecule has 1 amide bonds. The molecular formula is C30H36FN5O. The van der Waals surface area contributed by atoms with Crippen LogP contribution in [0.1, 0.15) is 60.1 Å². The summed E-state index contributed by atoms with van der Waals surface area (Å²) in [5.74, 6) is 0.463. The maximum Gasteiger partial charge on any atom is 0.252 e. The lowest BCUT2D eigenvalue weighted by molar-refractivity contribution is 0.0939. The Labute approximate surface area is 218 Å². The number of anilines is 1. The summed E-state index contributed by atoms with van der Waals surface area (Å²) in [4.78, 5) is 18.6. The van der Waals surface area contributed by atoms with Gasteiger partial charge in [-0.1, -0.05) is 6.07 Å². The molecule has 1 aliphatic carbocycles. The highest BCUT2D eigenvalue weighted by Crippen LogP contribution is 2.38. The number of carbonyl (C=O) groups is 1. The zero-order valence-corrected chi connectivity index (χ0v) is 22.0. The van der Waals surface area contributed by atoms with Gasteiger partial charge in [0, 0.05) is 61.8 Å². The lowest BCUT2D eigenvalue weighted by Crippen LogP contribution is -2.54. The Bertz CT molecular complexity index is 1300. The second kappa shape index (κ2) is 9.60. The van der Waals surface area contributed by atoms with Gasteiger partial charge >= 0.3 is 0 Å². The van der Waals surface area contributed by atoms with E-state index >= 15 is 0 Å². The normalized spacial score (nSPS) is 22.3. The predicted octanol–water partition coefficient (Wildman–Crippen LogP) is 5.09. The van der Waals surface area contributed by atoms with Crippen molar-refractivity contribution in [1.29, 1.82) is 0 Å². The van der Waals surface area contributed by atoms with Crippen molar-refractivity contribution in [3.63, 3.8) is 0 Å². The van der Waals surface area contributed by atoms with Crippen LogP contribution in [0.3, 0.4) is 0 Å². The van der Waals surface area contributed by atoms with E-state index in [2.05, 4.69) is 32.3 Å². The molecule has 6 nitrogen and oxygen atoms in total. The third-order valence-electron chi connectivity index (χ3n) is 8.44. The first-order valence-corrected chi connectivity index (χ1v) is 13.6. The highest BCUT2D eigenvalue weighted by atomic mass is 19.1. The molecule has 194 valence electrons. The molecule has 2 aliphatic heterocycles. The number of carbonyl (C=O) groups excluding carboxylic acids is 1. The molecule has 1 N–H and O–H groups in total. The van der Waals surface area contributed by atoms with Crippen molar-refractivity contribution in [2.45, 2.75) is 57.7 Å². The summed E-state index contributed by atoms with van der Waals surface area (Å²) in [6.45, 7) is 7.21. The van der Waals surface area contributed by atoms with Gasteiger partial charge in [-0.05, 0) is 92.5 Å². The van der Waals surface area contributed by atoms with E-state index in [0.717, 1.165) is 46.9 Å². The van der Waals surface area contributed by atoms with Crippen LogP contribution in [0.25, 0.3) is 11.1 Å². The molecule has 0 unspecified atom stereocenters. The standard InChI is InChI=1S/C30H36FN5O/c1-19-4-7-26(35-17-27-8-9-28(18-35)36(27)15-21-5-6-21)13-29(19)30(37)33-20(2)22-10-23(12-25(31)11-22)24-14-32-34(3)16-24/h4,7,10-14,16,20-21,27-28H,5-6,8-9,15,17-18H2,1-3H3,(H,33,37)/t20-,27-,28+/m1/s1. The predicted molar refractivity (Wildman–Crippen MR) is 144 cm³/mol. The van der Waals surface area contributed by atoms with Gasteiger partial charge in [0.25, 0.3) is 5.91 Å². The number of rotatable bonds is 7. The summed E-state index contributed by atoms with van der Waals surface area (Å²) in [5.41, 5.74) is 5.06. The molecule has 6 rings (SSSR count). The third kappa shape index (κ3) is 5.01. The average molecular weight is 502 g/mol. The van der Waals surface area contributed by atoms with Crippen molar-refractivity contribution in [3.05, 3.63) is 71.3 Å². The highest BCUT2D eigenvalue weighted by molar-refractivity contribution is 5.97. The molecule has 3 fully saturated rings. The Hall–Kier alpha value is -3.19. The van der Waals surface area contributed by atoms with Crippen molar-refractivity contribution in [2.75, 3.05) is 24.5 Å². The van der Waals surface area contributed by atoms with Crippen molar-refractivity contribution >= 4 is 11.6 Å². The molecule has 3 aromatic rings. The smallest absolute Gasteiger partial charge is 0.252 e. The van der Waals surface area contributed by atoms with Gasteiger partial charge < -0.3 is 10.2 Å². The minimum absolute atomic E-state index is 0.130. The van der Waals surface area contributed by atoms with Crippen molar-refractivity contribution < 1.29 is 9.18 Å². The third-order valence-corrected chi connectivity index (χ3v) is 8.44. The monoisotopic (exact) mass is 501 g/mol. The fourth-order valence-corrected chi connectivity index (χ4v) is 6.11. The number of benzene rings is 2. The Morgan fingerprint density at radius 2 is 1.84 bits per heavy atom. The fraction of sp³-hybridized carbons (Fsp3) is 0.467. The first-order valence-electron chi connectivity index (χ1n) is 13.6. The van der Waals surface area contributed by atoms with Gasteiger partial charge in [0.2, 0.25) is 0 Å². The fourth-order valence-electron chi connectivity index (χ4n) is 6.11. The Kier molecular flexibility index (Phi) is 6.27. The van der Waals surface area contributed by atoms with E-state index < -0.39 is 0 Å². The Morgan fingerprint density at radius 3 is 2.51 bits per heavy atom. The maximum atomic E-state index is 14.5. The molecule has 2 saturated heterocycles. The molecular weight excluding hydrogens is 465 g/mol. The average Bonchev–Trinajstić information content (AvgIpc) is 3.54. The van der Waals surface area contributed by atoms with Crippen LogP contribution in [-0.4, -0.2) is 52.3 Å². The van der Waals surface area contributed by atoms with E-state index in [1.54, 1.807) is 10.9 Å². The van der Waals surface area contributed by atoms with Crippen LogP contribution in [-0.2, 0) is 7.05 Å². The molecule has 1 saturated carbocycles. The van der Waals surface area contributed by atoms with Gasteiger partial charge in [0.05, 0.1) is 12.2 Å². The highest BCUT2D eigenvalue weighted by Gasteiger charge is 2.42. The SMILES string of the molecule is Cc1ccc(N2C[C@H]3CC[C@@H](C2)N3CC2CC2)cc1C(=O)N[C@H](C)c1cc(F)cc(-c2cnn(C)c2)c1. The van der Waals surface area contributed by atoms with Crippen LogP contribution in [0.15, 0.2) is 48.8 Å². The first-order chi connectivity index (χ1) is 17.8. The van der Waals surface area contributed by atoms with E-state index in [-0.39, 0.29) is 17.8 Å². The minimum atomic E-state index is -0.344. The summed E-state index contributed by atoms with van der Waals surface area (Å²) in [7, 11) is 1.84. The van der Waals surface area contributed by atoms with Crippen molar-refractivity contribution in [2.24, 2.45) is 13.0 Å². The van der Waals surface area contributed by atoms with E-state index in [1.807, 2.05) is 39.2 Å². The second-order valence-electron chi connectivity index (χ2n) is 11.3. The van der Waals surface area contributed by atoms with Gasteiger partial charge in [-0.15, -0.1) is 0 Å². The number of aryl methyl sites for hydroxylation is 2. The second-order valence-corrected chi connectivity index (χ2v) is 11.3. The number of halogens is 1. The molecule has 7 heteroatoms. The van der Waals surface area contributed by atoms with Crippen LogP contribution >= 0.6 is 0 Å². The number of amides is 1. The largest absolute Gasteiger partial charge is 0.368 e. The van der Waals surface area contributed by atoms with E-state index in [0.29, 0.717) is 17.6 Å². The zero-order valence-electron chi connectivity index (χ0n) is 22.0. The summed E-state index contributed by atoms with van der Waals surface area (Å²) in [6, 6.07) is 12.1. The number of hydrogen-bond acceptors (Lipinski definition) is 4. The number of fused-ring (bicyclic) bond motifs is 2. The van der Waals surface area contributed by atoms with E-state index in [4.69, 9.17) is 0 Å². The number of piperazine rings is 1. The summed E-state index contributed by atoms with van der Waals surface area (Å²) in [6.07, 6.45) is 8.92. The van der Waals surface area contributed by atoms with E-state index in [9.17, 15) is 9.18 Å². The quantitative estimate of drug-likeness (QED) is 0.490. The van der Waals surface area contributed by atoms with Gasteiger partial charge in [-0.25, -0.2) is 4.39 Å². The molecule has 0 spiro atoms. The van der Waals surface area contributed by atoms with Crippen LogP contribution in [0.4, 0.5) is 10.1 Å². The number of nitrogens with one attached hydrogen (secondary N) is 1. The molecule has 37 heavy (non-hydrogen) atoms. The number of hydrogen-bond donors (Lipinski definition) is 1. The van der Waals surface area contributed by atoms with Gasteiger partial charge in [-0.2, -0.15) is 5.10 Å². The van der Waals surface area contributed by atoms with Crippen molar-refractivity contribution in [1.82, 2.24) is 20.0 Å². The molecule has 0 radical (unpaired) electrons. The number of nitrogens with zero attached hydrogens (tertiary/aromatic N) is 4. The van der Waals surface area contributed by atoms with Crippen LogP contribution < -0.4 is 10.2 Å². The van der Waals surface area contributed by atoms with Crippen molar-refractivity contribution in [3.8, 4) is 11.1 Å². The van der Waals surface area contributed by atoms with E-state index in [1.165, 1.54) is 44.4 Å². The summed E-state index contributed by atoms with van der Waals surface area (Å²) < 4.78 is 16.2. The Balaban J connectivity index is 1.17.